The monoisotopic (exact) mass is 353 g/mol. The van der Waals surface area contributed by atoms with Crippen LogP contribution in [-0.2, 0) is 9.47 Å². The van der Waals surface area contributed by atoms with Crippen LogP contribution in [0.1, 0.15) is 22.2 Å². The van der Waals surface area contributed by atoms with E-state index >= 15 is 0 Å². The minimum absolute atomic E-state index is 0.0490. The maximum Gasteiger partial charge on any atom is 0.264 e. The number of methoxy groups -OCH3 is 2. The smallest absolute Gasteiger partial charge is 0.264 e. The number of ether oxygens (including phenoxy) is 3. The molecule has 0 N–H and O–H groups in total. The van der Waals surface area contributed by atoms with Gasteiger partial charge in [-0.05, 0) is 19.4 Å². The quantitative estimate of drug-likeness (QED) is 0.688. The Bertz CT molecular complexity index is 681. The maximum atomic E-state index is 13.0. The lowest BCUT2D eigenvalue weighted by Gasteiger charge is -2.21. The molecule has 2 rings (SSSR count). The van der Waals surface area contributed by atoms with Crippen molar-refractivity contribution in [2.75, 3.05) is 47.1 Å². The van der Waals surface area contributed by atoms with E-state index in [1.165, 1.54) is 17.7 Å². The average Bonchev–Trinajstić information content (AvgIpc) is 2.93. The highest BCUT2D eigenvalue weighted by atomic mass is 32.1. The van der Waals surface area contributed by atoms with Crippen LogP contribution in [0.25, 0.3) is 10.2 Å². The minimum Gasteiger partial charge on any atom is -0.477 e. The molecule has 7 nitrogen and oxygen atoms in total. The molecule has 2 heterocycles. The van der Waals surface area contributed by atoms with Crippen LogP contribution >= 0.6 is 11.3 Å². The molecule has 0 aliphatic heterocycles. The minimum atomic E-state index is -0.0490. The predicted molar refractivity (Wildman–Crippen MR) is 93.0 cm³/mol. The summed E-state index contributed by atoms with van der Waals surface area (Å²) in [7, 11) is 3.24. The van der Waals surface area contributed by atoms with E-state index in [2.05, 4.69) is 9.97 Å². The Morgan fingerprint density at radius 3 is 2.46 bits per heavy atom. The van der Waals surface area contributed by atoms with E-state index in [1.54, 1.807) is 19.1 Å². The zero-order valence-corrected chi connectivity index (χ0v) is 15.3. The van der Waals surface area contributed by atoms with Crippen LogP contribution in [0.4, 0.5) is 0 Å². The van der Waals surface area contributed by atoms with Gasteiger partial charge >= 0.3 is 0 Å². The van der Waals surface area contributed by atoms with E-state index in [0.29, 0.717) is 43.7 Å². The van der Waals surface area contributed by atoms with Gasteiger partial charge in [-0.15, -0.1) is 11.3 Å². The van der Waals surface area contributed by atoms with Crippen LogP contribution in [0.2, 0.25) is 0 Å². The molecule has 0 saturated carbocycles. The van der Waals surface area contributed by atoms with Gasteiger partial charge in [0, 0.05) is 27.3 Å². The van der Waals surface area contributed by atoms with Crippen molar-refractivity contribution in [3.63, 3.8) is 0 Å². The third-order valence-electron chi connectivity index (χ3n) is 3.59. The van der Waals surface area contributed by atoms with Gasteiger partial charge in [-0.3, -0.25) is 4.79 Å². The summed E-state index contributed by atoms with van der Waals surface area (Å²) in [6, 6.07) is 0. The van der Waals surface area contributed by atoms with Gasteiger partial charge in [-0.25, -0.2) is 9.97 Å². The van der Waals surface area contributed by atoms with E-state index in [-0.39, 0.29) is 5.91 Å². The van der Waals surface area contributed by atoms with Crippen molar-refractivity contribution in [2.24, 2.45) is 0 Å². The Labute approximate surface area is 145 Å². The maximum absolute atomic E-state index is 13.0. The van der Waals surface area contributed by atoms with Gasteiger partial charge in [-0.2, -0.15) is 0 Å². The van der Waals surface area contributed by atoms with E-state index < -0.39 is 0 Å². The van der Waals surface area contributed by atoms with Crippen molar-refractivity contribution in [3.05, 3.63) is 16.8 Å². The first-order valence-corrected chi connectivity index (χ1v) is 8.59. The second-order valence-corrected chi connectivity index (χ2v) is 6.13. The molecule has 132 valence electrons. The largest absolute Gasteiger partial charge is 0.477 e. The number of carbonyl (C=O) groups is 1. The third-order valence-corrected chi connectivity index (χ3v) is 4.77. The van der Waals surface area contributed by atoms with Crippen molar-refractivity contribution in [2.45, 2.75) is 13.8 Å². The highest BCUT2D eigenvalue weighted by Gasteiger charge is 2.23. The van der Waals surface area contributed by atoms with Crippen LogP contribution < -0.4 is 4.74 Å². The van der Waals surface area contributed by atoms with Crippen molar-refractivity contribution >= 4 is 27.5 Å². The Balaban J connectivity index is 2.36. The predicted octanol–water partition coefficient (Wildman–Crippen LogP) is 2.13. The molecule has 0 radical (unpaired) electrons. The van der Waals surface area contributed by atoms with E-state index in [1.807, 2.05) is 13.8 Å². The van der Waals surface area contributed by atoms with Crippen LogP contribution in [0.15, 0.2) is 6.33 Å². The number of aryl methyl sites for hydroxylation is 1. The van der Waals surface area contributed by atoms with Crippen LogP contribution in [-0.4, -0.2) is 67.9 Å². The first-order chi connectivity index (χ1) is 11.6. The molecule has 0 unspecified atom stereocenters. The van der Waals surface area contributed by atoms with Crippen molar-refractivity contribution in [1.29, 1.82) is 0 Å². The van der Waals surface area contributed by atoms with Gasteiger partial charge < -0.3 is 19.1 Å². The Morgan fingerprint density at radius 2 is 1.88 bits per heavy atom. The lowest BCUT2D eigenvalue weighted by atomic mass is 10.2. The SMILES string of the molecule is CCOc1ncnc2sc(C(=O)N(CCOC)CCOC)c(C)c12. The molecule has 0 aromatic carbocycles. The summed E-state index contributed by atoms with van der Waals surface area (Å²) in [5.41, 5.74) is 0.851. The molecule has 0 saturated heterocycles. The number of hydrogen-bond donors (Lipinski definition) is 0. The number of fused-ring (bicyclic) bond motifs is 1. The molecular formula is C16H23N3O4S. The standard InChI is InChI=1S/C16H23N3O4S/c1-5-23-14-12-11(2)13(24-15(12)18-10-17-14)16(20)19(6-8-21-3)7-9-22-4/h10H,5-9H2,1-4H3. The van der Waals surface area contributed by atoms with Crippen LogP contribution in [0.3, 0.4) is 0 Å². The van der Waals surface area contributed by atoms with Crippen LogP contribution in [0.5, 0.6) is 5.88 Å². The third kappa shape index (κ3) is 4.00. The second kappa shape index (κ2) is 8.91. The molecule has 0 fully saturated rings. The number of thiophene rings is 1. The zero-order chi connectivity index (χ0) is 17.5. The summed E-state index contributed by atoms with van der Waals surface area (Å²) >= 11 is 1.36. The van der Waals surface area contributed by atoms with Gasteiger partial charge in [-0.1, -0.05) is 0 Å². The normalized spacial score (nSPS) is 11.0. The van der Waals surface area contributed by atoms with Gasteiger partial charge in [0.15, 0.2) is 0 Å². The number of amides is 1. The van der Waals surface area contributed by atoms with E-state index in [4.69, 9.17) is 14.2 Å². The second-order valence-electron chi connectivity index (χ2n) is 5.13. The molecule has 24 heavy (non-hydrogen) atoms. The molecule has 8 heteroatoms. The molecular weight excluding hydrogens is 330 g/mol. The Morgan fingerprint density at radius 1 is 1.21 bits per heavy atom. The Kier molecular flexibility index (Phi) is 6.89. The molecule has 0 aliphatic carbocycles. The lowest BCUT2D eigenvalue weighted by molar-refractivity contribution is 0.0631. The van der Waals surface area contributed by atoms with E-state index in [9.17, 15) is 4.79 Å². The lowest BCUT2D eigenvalue weighted by Crippen LogP contribution is -2.36. The number of rotatable bonds is 9. The molecule has 0 bridgehead atoms. The van der Waals surface area contributed by atoms with Gasteiger partial charge in [0.05, 0.1) is 30.1 Å². The molecule has 1 amide bonds. The summed E-state index contributed by atoms with van der Waals surface area (Å²) in [5.74, 6) is 0.475. The number of nitrogens with zero attached hydrogens (tertiary/aromatic N) is 3. The first-order valence-electron chi connectivity index (χ1n) is 7.78. The van der Waals surface area contributed by atoms with Crippen molar-refractivity contribution in [3.8, 4) is 5.88 Å². The van der Waals surface area contributed by atoms with Gasteiger partial charge in [0.1, 0.15) is 11.2 Å². The van der Waals surface area contributed by atoms with E-state index in [0.717, 1.165) is 15.8 Å². The fourth-order valence-corrected chi connectivity index (χ4v) is 3.46. The number of aromatic nitrogens is 2. The summed E-state index contributed by atoms with van der Waals surface area (Å²) in [4.78, 5) is 24.6. The highest BCUT2D eigenvalue weighted by Crippen LogP contribution is 2.35. The number of hydrogen-bond acceptors (Lipinski definition) is 7. The van der Waals surface area contributed by atoms with Crippen molar-refractivity contribution in [1.82, 2.24) is 14.9 Å². The van der Waals surface area contributed by atoms with Crippen molar-refractivity contribution < 1.29 is 19.0 Å². The summed E-state index contributed by atoms with van der Waals surface area (Å²) in [5, 5.41) is 0.811. The first kappa shape index (κ1) is 18.6. The molecule has 2 aromatic rings. The molecule has 0 atom stereocenters. The fraction of sp³-hybridized carbons (Fsp3) is 0.562. The molecule has 0 spiro atoms. The average molecular weight is 353 g/mol. The molecule has 0 aliphatic rings. The summed E-state index contributed by atoms with van der Waals surface area (Å²) in [6.45, 7) is 6.29. The van der Waals surface area contributed by atoms with Gasteiger partial charge in [0.2, 0.25) is 5.88 Å². The highest BCUT2D eigenvalue weighted by molar-refractivity contribution is 7.20. The Hall–Kier alpha value is -1.77. The summed E-state index contributed by atoms with van der Waals surface area (Å²) < 4.78 is 15.8. The fourth-order valence-electron chi connectivity index (χ4n) is 2.35. The molecule has 2 aromatic heterocycles. The van der Waals surface area contributed by atoms with Crippen LogP contribution in [0, 0.1) is 6.92 Å². The number of carbonyl (C=O) groups excluding carboxylic acids is 1. The zero-order valence-electron chi connectivity index (χ0n) is 14.5. The van der Waals surface area contributed by atoms with Gasteiger partial charge in [0.25, 0.3) is 5.91 Å². The topological polar surface area (TPSA) is 73.8 Å². The summed E-state index contributed by atoms with van der Waals surface area (Å²) in [6.07, 6.45) is 1.46.